The van der Waals surface area contributed by atoms with Crippen LogP contribution < -0.4 is 0 Å². The van der Waals surface area contributed by atoms with E-state index in [4.69, 9.17) is 0 Å². The maximum absolute atomic E-state index is 2.60. The molecule has 0 aromatic rings. The van der Waals surface area contributed by atoms with Crippen molar-refractivity contribution in [1.82, 2.24) is 0 Å². The van der Waals surface area contributed by atoms with Gasteiger partial charge in [-0.25, -0.2) is 0 Å². The summed E-state index contributed by atoms with van der Waals surface area (Å²) in [5.74, 6) is 0. The third kappa shape index (κ3) is 4.39. The average molecular weight is 370 g/mol. The van der Waals surface area contributed by atoms with E-state index >= 15 is 0 Å². The number of hydrogen-bond donors (Lipinski definition) is 0. The Morgan fingerprint density at radius 2 is 1.09 bits per heavy atom. The minimum atomic E-state index is -1.53. The second kappa shape index (κ2) is 4.21. The Balaban J connectivity index is 4.43. The molecule has 0 heterocycles. The number of hydrogen-bond acceptors (Lipinski definition) is 0. The van der Waals surface area contributed by atoms with Crippen molar-refractivity contribution in [3.8, 4) is 0 Å². The molecule has 0 aliphatic heterocycles. The standard InChI is InChI=1S/C3H6.6CH3.2Sn/c1-3-2;;;;;;;;/h1H,3H2,2H3;6*1H3;;. The molecule has 0 unspecified atom stereocenters. The third-order valence-electron chi connectivity index (χ3n) is 2.50. The van der Waals surface area contributed by atoms with Crippen molar-refractivity contribution in [2.45, 2.75) is 44.9 Å². The molecule has 0 N–H and O–H groups in total. The van der Waals surface area contributed by atoms with Gasteiger partial charge in [0.05, 0.1) is 0 Å². The normalized spacial score (nSPS) is 14.2. The molecule has 11 heavy (non-hydrogen) atoms. The first kappa shape index (κ1) is 12.6. The molecule has 0 saturated carbocycles. The van der Waals surface area contributed by atoms with Crippen LogP contribution in [-0.2, 0) is 0 Å². The van der Waals surface area contributed by atoms with Crippen molar-refractivity contribution in [3.63, 3.8) is 0 Å². The fourth-order valence-electron chi connectivity index (χ4n) is 2.52. The summed E-state index contributed by atoms with van der Waals surface area (Å²) in [6, 6.07) is 0. The van der Waals surface area contributed by atoms with Crippen molar-refractivity contribution in [1.29, 1.82) is 0 Å². The van der Waals surface area contributed by atoms with Gasteiger partial charge >= 0.3 is 81.7 Å². The van der Waals surface area contributed by atoms with Crippen LogP contribution in [-0.4, -0.2) is 36.8 Å². The second-order valence-corrected chi connectivity index (χ2v) is 41.4. The zero-order chi connectivity index (χ0) is 9.28. The topological polar surface area (TPSA) is 0 Å². The van der Waals surface area contributed by atoms with Gasteiger partial charge in [-0.05, 0) is 0 Å². The minimum absolute atomic E-state index is 1.23. The molecule has 0 aromatic heterocycles. The van der Waals surface area contributed by atoms with E-state index in [1.165, 1.54) is 8.37 Å². The summed E-state index contributed by atoms with van der Waals surface area (Å²) in [7, 11) is 0. The molecule has 0 amide bonds. The van der Waals surface area contributed by atoms with Crippen LogP contribution >= 0.6 is 0 Å². The molecule has 68 valence electrons. The summed E-state index contributed by atoms with van der Waals surface area (Å²) in [4.78, 5) is 15.6. The summed E-state index contributed by atoms with van der Waals surface area (Å²) in [6.07, 6.45) is 1.47. The van der Waals surface area contributed by atoms with Gasteiger partial charge < -0.3 is 0 Å². The van der Waals surface area contributed by atoms with Gasteiger partial charge in [-0.1, -0.05) is 0 Å². The van der Waals surface area contributed by atoms with E-state index in [1.54, 1.807) is 0 Å². The third-order valence-corrected chi connectivity index (χ3v) is 49.9. The Hall–Kier alpha value is 1.60. The van der Waals surface area contributed by atoms with Crippen molar-refractivity contribution >= 4 is 36.8 Å². The zero-order valence-electron chi connectivity index (χ0n) is 9.28. The van der Waals surface area contributed by atoms with Crippen LogP contribution in [0.5, 0.6) is 0 Å². The molecule has 0 spiro atoms. The van der Waals surface area contributed by atoms with Crippen LogP contribution in [0.4, 0.5) is 0 Å². The molecule has 2 heteroatoms. The molecule has 0 saturated heterocycles. The quantitative estimate of drug-likeness (QED) is 0.660. The Morgan fingerprint density at radius 3 is 1.09 bits per heavy atom. The Kier molecular flexibility index (Phi) is 4.82. The average Bonchev–Trinajstić information content (AvgIpc) is 1.56. The summed E-state index contributed by atoms with van der Waals surface area (Å²) < 4.78 is 1.23. The van der Waals surface area contributed by atoms with Crippen LogP contribution in [0.15, 0.2) is 0 Å². The van der Waals surface area contributed by atoms with Gasteiger partial charge in [-0.15, -0.1) is 0 Å². The molecule has 0 aromatic carbocycles. The summed E-state index contributed by atoms with van der Waals surface area (Å²) in [5, 5.41) is 0. The molecule has 0 fully saturated rings. The predicted octanol–water partition coefficient (Wildman–Crippen LogP) is 3.98. The Labute approximate surface area is 80.9 Å². The van der Waals surface area contributed by atoms with E-state index in [0.717, 1.165) is 0 Å². The van der Waals surface area contributed by atoms with E-state index in [-0.39, 0.29) is 0 Å². The van der Waals surface area contributed by atoms with E-state index in [0.29, 0.717) is 0 Å². The van der Waals surface area contributed by atoms with Crippen LogP contribution in [0.2, 0.25) is 31.6 Å². The summed E-state index contributed by atoms with van der Waals surface area (Å²) in [5.41, 5.74) is 0. The monoisotopic (exact) mass is 372 g/mol. The van der Waals surface area contributed by atoms with Crippen molar-refractivity contribution in [2.75, 3.05) is 0 Å². The van der Waals surface area contributed by atoms with Gasteiger partial charge in [-0.3, -0.25) is 0 Å². The Bertz CT molecular complexity index is 103. The fourth-order valence-corrected chi connectivity index (χ4v) is 66.7. The van der Waals surface area contributed by atoms with E-state index < -0.39 is 36.8 Å². The van der Waals surface area contributed by atoms with E-state index in [9.17, 15) is 0 Å². The van der Waals surface area contributed by atoms with Gasteiger partial charge in [0.15, 0.2) is 0 Å². The second-order valence-electron chi connectivity index (χ2n) is 5.69. The van der Waals surface area contributed by atoms with Crippen LogP contribution in [0.3, 0.4) is 0 Å². The maximum atomic E-state index is 2.60. The molecule has 0 aliphatic rings. The molecular formula is C9H24Sn2. The molecule has 0 aliphatic carbocycles. The molecule has 0 rings (SSSR count). The van der Waals surface area contributed by atoms with E-state index in [2.05, 4.69) is 36.6 Å². The summed E-state index contributed by atoms with van der Waals surface area (Å²) >= 11 is -3.06. The van der Waals surface area contributed by atoms with Crippen LogP contribution in [0.25, 0.3) is 0 Å². The molecule has 0 radical (unpaired) electrons. The fraction of sp³-hybridized carbons (Fsp3) is 1.00. The van der Waals surface area contributed by atoms with Crippen LogP contribution in [0.1, 0.15) is 13.3 Å². The molecule has 0 atom stereocenters. The van der Waals surface area contributed by atoms with Crippen molar-refractivity contribution in [3.05, 3.63) is 0 Å². The van der Waals surface area contributed by atoms with Crippen LogP contribution in [0, 0.1) is 0 Å². The first-order valence-electron chi connectivity index (χ1n) is 4.69. The molecule has 0 nitrogen and oxygen atoms in total. The van der Waals surface area contributed by atoms with E-state index in [1.807, 2.05) is 0 Å². The Morgan fingerprint density at radius 1 is 0.818 bits per heavy atom. The first-order valence-corrected chi connectivity index (χ1v) is 25.1. The van der Waals surface area contributed by atoms with Gasteiger partial charge in [0.25, 0.3) is 0 Å². The van der Waals surface area contributed by atoms with Crippen molar-refractivity contribution < 1.29 is 0 Å². The van der Waals surface area contributed by atoms with Gasteiger partial charge in [-0.2, -0.15) is 0 Å². The van der Waals surface area contributed by atoms with Gasteiger partial charge in [0.1, 0.15) is 0 Å². The summed E-state index contributed by atoms with van der Waals surface area (Å²) in [6.45, 7) is 2.40. The zero-order valence-corrected chi connectivity index (χ0v) is 15.0. The molecule has 0 bridgehead atoms. The van der Waals surface area contributed by atoms with Gasteiger partial charge in [0, 0.05) is 0 Å². The SMILES string of the molecule is CC[CH]([Sn]([CH3])([CH3])[CH3])[Sn]([CH3])([CH3])[CH3]. The molecular weight excluding hydrogens is 346 g/mol. The number of rotatable bonds is 3. The van der Waals surface area contributed by atoms with Gasteiger partial charge in [0.2, 0.25) is 0 Å². The van der Waals surface area contributed by atoms with Crippen molar-refractivity contribution in [2.24, 2.45) is 0 Å². The predicted molar refractivity (Wildman–Crippen MR) is 60.7 cm³/mol. The first-order chi connectivity index (χ1) is 4.69.